The summed E-state index contributed by atoms with van der Waals surface area (Å²) in [5, 5.41) is 0.699. The van der Waals surface area contributed by atoms with Crippen LogP contribution in [0.2, 0.25) is 5.02 Å². The van der Waals surface area contributed by atoms with Crippen LogP contribution in [0, 0.1) is 5.92 Å². The van der Waals surface area contributed by atoms with Crippen molar-refractivity contribution < 1.29 is 9.53 Å². The number of esters is 1. The van der Waals surface area contributed by atoms with Crippen LogP contribution in [0.15, 0.2) is 48.6 Å². The molecule has 1 aromatic carbocycles. The summed E-state index contributed by atoms with van der Waals surface area (Å²) in [6.45, 7) is 14.6. The molecule has 4 heteroatoms. The highest BCUT2D eigenvalue weighted by molar-refractivity contribution is 6.30. The van der Waals surface area contributed by atoms with Crippen molar-refractivity contribution in [3.63, 3.8) is 0 Å². The molecule has 3 unspecified atom stereocenters. The van der Waals surface area contributed by atoms with Crippen molar-refractivity contribution in [3.8, 4) is 0 Å². The van der Waals surface area contributed by atoms with E-state index < -0.39 is 0 Å². The molecule has 156 valence electrons. The fourth-order valence-electron chi connectivity index (χ4n) is 3.49. The molecule has 0 fully saturated rings. The molecule has 28 heavy (non-hydrogen) atoms. The number of allylic oxidation sites excluding steroid dienone is 2. The SMILES string of the molecule is C=C/C=C(\C)CCOC(=O)C(C)C(c1ccc(Cl)cc1)[C@H](C)N(C)C(C)CC. The Morgan fingerprint density at radius 1 is 1.25 bits per heavy atom. The van der Waals surface area contributed by atoms with E-state index >= 15 is 0 Å². The molecule has 1 rings (SSSR count). The quantitative estimate of drug-likeness (QED) is 0.322. The largest absolute Gasteiger partial charge is 0.465 e. The van der Waals surface area contributed by atoms with E-state index in [0.29, 0.717) is 17.7 Å². The molecule has 0 aliphatic rings. The van der Waals surface area contributed by atoms with Crippen LogP contribution in [-0.4, -0.2) is 36.6 Å². The van der Waals surface area contributed by atoms with Crippen molar-refractivity contribution in [2.75, 3.05) is 13.7 Å². The molecule has 1 aromatic rings. The second kappa shape index (κ2) is 12.1. The molecule has 0 bridgehead atoms. The molecule has 0 aliphatic heterocycles. The monoisotopic (exact) mass is 405 g/mol. The Bertz CT molecular complexity index is 653. The van der Waals surface area contributed by atoms with Gasteiger partial charge in [-0.3, -0.25) is 4.79 Å². The predicted octanol–water partition coefficient (Wildman–Crippen LogP) is 6.24. The van der Waals surface area contributed by atoms with Gasteiger partial charge in [-0.05, 0) is 51.9 Å². The minimum Gasteiger partial charge on any atom is -0.465 e. The molecule has 0 aromatic heterocycles. The van der Waals surface area contributed by atoms with Crippen molar-refractivity contribution in [1.82, 2.24) is 4.90 Å². The number of likely N-dealkylation sites (N-methyl/N-ethyl adjacent to an activating group) is 1. The number of halogens is 1. The van der Waals surface area contributed by atoms with Gasteiger partial charge in [0.05, 0.1) is 12.5 Å². The smallest absolute Gasteiger partial charge is 0.309 e. The van der Waals surface area contributed by atoms with Gasteiger partial charge in [-0.25, -0.2) is 0 Å². The summed E-state index contributed by atoms with van der Waals surface area (Å²) in [6.07, 6.45) is 5.47. The zero-order chi connectivity index (χ0) is 21.3. The predicted molar refractivity (Wildman–Crippen MR) is 120 cm³/mol. The number of benzene rings is 1. The maximum Gasteiger partial charge on any atom is 0.309 e. The molecule has 0 spiro atoms. The second-order valence-electron chi connectivity index (χ2n) is 7.70. The highest BCUT2D eigenvalue weighted by Crippen LogP contribution is 2.33. The fraction of sp³-hybridized carbons (Fsp3) is 0.542. The lowest BCUT2D eigenvalue weighted by Crippen LogP contribution is -2.43. The Morgan fingerprint density at radius 3 is 2.39 bits per heavy atom. The summed E-state index contributed by atoms with van der Waals surface area (Å²) >= 11 is 6.08. The highest BCUT2D eigenvalue weighted by atomic mass is 35.5. The molecule has 0 aliphatic carbocycles. The van der Waals surface area contributed by atoms with Crippen LogP contribution in [0.3, 0.4) is 0 Å². The number of carbonyl (C=O) groups excluding carboxylic acids is 1. The first-order valence-corrected chi connectivity index (χ1v) is 10.5. The van der Waals surface area contributed by atoms with Gasteiger partial charge < -0.3 is 9.64 Å². The van der Waals surface area contributed by atoms with Crippen LogP contribution in [-0.2, 0) is 9.53 Å². The number of hydrogen-bond donors (Lipinski definition) is 0. The first-order valence-electron chi connectivity index (χ1n) is 10.1. The molecular formula is C24H36ClNO2. The van der Waals surface area contributed by atoms with Crippen LogP contribution in [0.1, 0.15) is 58.9 Å². The Kier molecular flexibility index (Phi) is 10.6. The zero-order valence-electron chi connectivity index (χ0n) is 18.2. The topological polar surface area (TPSA) is 29.5 Å². The van der Waals surface area contributed by atoms with Crippen molar-refractivity contribution in [3.05, 3.63) is 59.2 Å². The van der Waals surface area contributed by atoms with Crippen LogP contribution in [0.25, 0.3) is 0 Å². The minimum absolute atomic E-state index is 0.0218. The van der Waals surface area contributed by atoms with Gasteiger partial charge in [-0.1, -0.05) is 61.9 Å². The lowest BCUT2D eigenvalue weighted by molar-refractivity contribution is -0.149. The van der Waals surface area contributed by atoms with Gasteiger partial charge in [-0.2, -0.15) is 0 Å². The lowest BCUT2D eigenvalue weighted by atomic mass is 9.81. The minimum atomic E-state index is -0.258. The van der Waals surface area contributed by atoms with Crippen LogP contribution in [0.5, 0.6) is 0 Å². The third-order valence-corrected chi connectivity index (χ3v) is 6.01. The van der Waals surface area contributed by atoms with Crippen molar-refractivity contribution in [2.24, 2.45) is 5.92 Å². The van der Waals surface area contributed by atoms with Gasteiger partial charge >= 0.3 is 5.97 Å². The third kappa shape index (κ3) is 7.10. The summed E-state index contributed by atoms with van der Waals surface area (Å²) < 4.78 is 5.61. The molecular weight excluding hydrogens is 370 g/mol. The highest BCUT2D eigenvalue weighted by Gasteiger charge is 2.34. The number of hydrogen-bond acceptors (Lipinski definition) is 3. The third-order valence-electron chi connectivity index (χ3n) is 5.76. The maximum absolute atomic E-state index is 12.8. The van der Waals surface area contributed by atoms with Gasteiger partial charge in [0.15, 0.2) is 0 Å². The zero-order valence-corrected chi connectivity index (χ0v) is 19.0. The number of rotatable bonds is 11. The fourth-order valence-corrected chi connectivity index (χ4v) is 3.61. The molecule has 0 saturated heterocycles. The van der Waals surface area contributed by atoms with E-state index in [0.717, 1.165) is 24.0 Å². The van der Waals surface area contributed by atoms with E-state index in [-0.39, 0.29) is 23.8 Å². The Labute approximate surface area is 176 Å². The summed E-state index contributed by atoms with van der Waals surface area (Å²) in [6, 6.07) is 8.44. The van der Waals surface area contributed by atoms with Crippen LogP contribution >= 0.6 is 11.6 Å². The van der Waals surface area contributed by atoms with Crippen molar-refractivity contribution in [2.45, 2.75) is 65.5 Å². The normalized spacial score (nSPS) is 16.4. The van der Waals surface area contributed by atoms with Gasteiger partial charge in [0.1, 0.15) is 0 Å². The summed E-state index contributed by atoms with van der Waals surface area (Å²) in [4.78, 5) is 15.2. The van der Waals surface area contributed by atoms with E-state index in [1.165, 1.54) is 0 Å². The first-order chi connectivity index (χ1) is 13.2. The molecule has 3 nitrogen and oxygen atoms in total. The van der Waals surface area contributed by atoms with Gasteiger partial charge in [0, 0.05) is 29.4 Å². The van der Waals surface area contributed by atoms with E-state index in [2.05, 4.69) is 39.3 Å². The molecule has 0 N–H and O–H groups in total. The van der Waals surface area contributed by atoms with Gasteiger partial charge in [-0.15, -0.1) is 0 Å². The summed E-state index contributed by atoms with van der Waals surface area (Å²) in [5.41, 5.74) is 2.26. The standard InChI is InChI=1S/C24H36ClNO2/c1-8-10-17(3)15-16-28-24(27)19(5)23(20(6)26(7)18(4)9-2)21-11-13-22(25)14-12-21/h8,10-14,18-20,23H,1,9,15-16H2,2-7H3/b17-10+/t18?,19?,20-,23?/m0/s1. The Hall–Kier alpha value is -1.58. The molecule has 0 heterocycles. The molecule has 0 radical (unpaired) electrons. The van der Waals surface area contributed by atoms with E-state index in [9.17, 15) is 4.79 Å². The van der Waals surface area contributed by atoms with Crippen LogP contribution < -0.4 is 0 Å². The number of carbonyl (C=O) groups is 1. The molecule has 0 saturated carbocycles. The van der Waals surface area contributed by atoms with E-state index in [1.54, 1.807) is 6.08 Å². The lowest BCUT2D eigenvalue weighted by Gasteiger charge is -2.38. The molecule has 0 amide bonds. The van der Waals surface area contributed by atoms with Crippen molar-refractivity contribution in [1.29, 1.82) is 0 Å². The van der Waals surface area contributed by atoms with Crippen LogP contribution in [0.4, 0.5) is 0 Å². The maximum atomic E-state index is 12.8. The summed E-state index contributed by atoms with van der Waals surface area (Å²) in [5.74, 6) is -0.393. The Balaban J connectivity index is 2.99. The Morgan fingerprint density at radius 2 is 1.86 bits per heavy atom. The van der Waals surface area contributed by atoms with Gasteiger partial charge in [0.2, 0.25) is 0 Å². The van der Waals surface area contributed by atoms with E-state index in [1.807, 2.05) is 44.2 Å². The average molecular weight is 406 g/mol. The summed E-state index contributed by atoms with van der Waals surface area (Å²) in [7, 11) is 2.13. The number of nitrogens with zero attached hydrogens (tertiary/aromatic N) is 1. The second-order valence-corrected chi connectivity index (χ2v) is 8.13. The molecule has 4 atom stereocenters. The first kappa shape index (κ1) is 24.5. The average Bonchev–Trinajstić information content (AvgIpc) is 2.68. The number of ether oxygens (including phenoxy) is 1. The van der Waals surface area contributed by atoms with Crippen molar-refractivity contribution >= 4 is 17.6 Å². The van der Waals surface area contributed by atoms with Gasteiger partial charge in [0.25, 0.3) is 0 Å². The van der Waals surface area contributed by atoms with E-state index in [4.69, 9.17) is 16.3 Å².